The molecule has 168 valence electrons. The average molecular weight is 439 g/mol. The third kappa shape index (κ3) is 4.15. The van der Waals surface area contributed by atoms with Crippen molar-refractivity contribution >= 4 is 23.4 Å². The smallest absolute Gasteiger partial charge is 0.351 e. The second-order valence-corrected chi connectivity index (χ2v) is 8.51. The van der Waals surface area contributed by atoms with E-state index in [1.807, 2.05) is 32.7 Å². The lowest BCUT2D eigenvalue weighted by Crippen LogP contribution is -2.50. The van der Waals surface area contributed by atoms with Gasteiger partial charge in [-0.3, -0.25) is 4.79 Å². The van der Waals surface area contributed by atoms with Gasteiger partial charge in [0.15, 0.2) is 5.82 Å². The molecule has 4 rings (SSSR count). The van der Waals surface area contributed by atoms with E-state index in [-0.39, 0.29) is 35.7 Å². The molecule has 0 bridgehead atoms. The Morgan fingerprint density at radius 2 is 1.97 bits per heavy atom. The predicted molar refractivity (Wildman–Crippen MR) is 106 cm³/mol. The summed E-state index contributed by atoms with van der Waals surface area (Å²) < 4.78 is 42.4. The van der Waals surface area contributed by atoms with Crippen LogP contribution in [0.15, 0.2) is 4.52 Å². The number of nitrogens with zero attached hydrogens (tertiary/aromatic N) is 5. The third-order valence-electron chi connectivity index (χ3n) is 5.72. The van der Waals surface area contributed by atoms with Crippen LogP contribution in [0.25, 0.3) is 0 Å². The fourth-order valence-electron chi connectivity index (χ4n) is 4.18. The zero-order chi connectivity index (χ0) is 22.5. The summed E-state index contributed by atoms with van der Waals surface area (Å²) in [6, 6.07) is -0.226. The molecule has 12 heteroatoms. The Kier molecular flexibility index (Phi) is 5.26. The molecule has 2 N–H and O–H groups in total. The van der Waals surface area contributed by atoms with Crippen LogP contribution >= 0.6 is 0 Å². The van der Waals surface area contributed by atoms with Gasteiger partial charge in [-0.25, -0.2) is 4.98 Å². The van der Waals surface area contributed by atoms with Gasteiger partial charge in [0.1, 0.15) is 11.7 Å². The second-order valence-electron chi connectivity index (χ2n) is 8.51. The molecule has 0 radical (unpaired) electrons. The molecule has 1 saturated carbocycles. The predicted octanol–water partition coefficient (Wildman–Crippen LogP) is 3.03. The van der Waals surface area contributed by atoms with E-state index in [9.17, 15) is 18.0 Å². The Hall–Kier alpha value is -2.92. The zero-order valence-corrected chi connectivity index (χ0v) is 17.6. The Morgan fingerprint density at radius 3 is 2.58 bits per heavy atom. The summed E-state index contributed by atoms with van der Waals surface area (Å²) in [7, 11) is 1.84. The van der Waals surface area contributed by atoms with E-state index in [0.717, 1.165) is 12.8 Å². The maximum atomic E-state index is 12.6. The number of amides is 1. The van der Waals surface area contributed by atoms with Gasteiger partial charge in [0.25, 0.3) is 5.82 Å². The van der Waals surface area contributed by atoms with Crippen molar-refractivity contribution in [2.24, 2.45) is 11.8 Å². The van der Waals surface area contributed by atoms with Crippen LogP contribution in [0, 0.1) is 18.8 Å². The molecule has 0 spiro atoms. The fraction of sp³-hybridized carbons (Fsp3) is 0.632. The Balaban J connectivity index is 1.39. The number of carbonyl (C=O) groups excluding carboxylic acids is 1. The second kappa shape index (κ2) is 7.65. The van der Waals surface area contributed by atoms with Gasteiger partial charge in [0, 0.05) is 19.5 Å². The van der Waals surface area contributed by atoms with Gasteiger partial charge in [-0.05, 0) is 31.6 Å². The van der Waals surface area contributed by atoms with Crippen molar-refractivity contribution < 1.29 is 22.5 Å². The SMILES string of the molecule is Cc1nc(N[C@H]2C[C@@H](Cc3nc(C(F)(F)F)no3)C2)nc2c1NC(=O)[C@H](C(C)C)N2C. The van der Waals surface area contributed by atoms with Crippen LogP contribution in [0.5, 0.6) is 0 Å². The minimum Gasteiger partial charge on any atom is -0.351 e. The topological polar surface area (TPSA) is 109 Å². The van der Waals surface area contributed by atoms with Crippen molar-refractivity contribution in [3.63, 3.8) is 0 Å². The quantitative estimate of drug-likeness (QED) is 0.732. The average Bonchev–Trinajstić information content (AvgIpc) is 3.10. The van der Waals surface area contributed by atoms with Crippen molar-refractivity contribution in [1.29, 1.82) is 0 Å². The van der Waals surface area contributed by atoms with Crippen LogP contribution in [0.4, 0.5) is 30.6 Å². The lowest BCUT2D eigenvalue weighted by molar-refractivity contribution is -0.146. The van der Waals surface area contributed by atoms with E-state index in [0.29, 0.717) is 29.6 Å². The first-order valence-corrected chi connectivity index (χ1v) is 10.1. The maximum absolute atomic E-state index is 12.6. The summed E-state index contributed by atoms with van der Waals surface area (Å²) >= 11 is 0. The van der Waals surface area contributed by atoms with Crippen molar-refractivity contribution in [1.82, 2.24) is 20.1 Å². The molecule has 2 aromatic heterocycles. The van der Waals surface area contributed by atoms with E-state index in [1.54, 1.807) is 0 Å². The highest BCUT2D eigenvalue weighted by Gasteiger charge is 2.39. The highest BCUT2D eigenvalue weighted by Crippen LogP contribution is 2.36. The molecule has 9 nitrogen and oxygen atoms in total. The lowest BCUT2D eigenvalue weighted by atomic mass is 9.78. The van der Waals surface area contributed by atoms with E-state index < -0.39 is 12.0 Å². The number of fused-ring (bicyclic) bond motifs is 1. The summed E-state index contributed by atoms with van der Waals surface area (Å²) in [5.41, 5.74) is 1.27. The van der Waals surface area contributed by atoms with E-state index >= 15 is 0 Å². The number of anilines is 3. The zero-order valence-electron chi connectivity index (χ0n) is 17.6. The monoisotopic (exact) mass is 439 g/mol. The van der Waals surface area contributed by atoms with Gasteiger partial charge >= 0.3 is 6.18 Å². The number of hydrogen-bond donors (Lipinski definition) is 2. The lowest BCUT2D eigenvalue weighted by Gasteiger charge is -2.38. The number of hydrogen-bond acceptors (Lipinski definition) is 8. The van der Waals surface area contributed by atoms with Gasteiger partial charge in [0.2, 0.25) is 17.7 Å². The minimum atomic E-state index is -4.60. The molecule has 2 aromatic rings. The largest absolute Gasteiger partial charge is 0.455 e. The van der Waals surface area contributed by atoms with Crippen LogP contribution < -0.4 is 15.5 Å². The number of rotatable bonds is 5. The molecule has 0 saturated heterocycles. The molecule has 0 unspecified atom stereocenters. The van der Waals surface area contributed by atoms with Crippen molar-refractivity contribution in [2.45, 2.75) is 58.3 Å². The van der Waals surface area contributed by atoms with Gasteiger partial charge in [-0.2, -0.15) is 23.1 Å². The van der Waals surface area contributed by atoms with Gasteiger partial charge < -0.3 is 20.1 Å². The third-order valence-corrected chi connectivity index (χ3v) is 5.72. The minimum absolute atomic E-state index is 0.00579. The highest BCUT2D eigenvalue weighted by molar-refractivity contribution is 6.03. The number of aromatic nitrogens is 4. The number of aryl methyl sites for hydroxylation is 1. The van der Waals surface area contributed by atoms with Crippen molar-refractivity contribution in [3.05, 3.63) is 17.4 Å². The van der Waals surface area contributed by atoms with E-state index in [1.165, 1.54) is 0 Å². The Bertz CT molecular complexity index is 985. The highest BCUT2D eigenvalue weighted by atomic mass is 19.4. The number of nitrogens with one attached hydrogen (secondary N) is 2. The first kappa shape index (κ1) is 21.3. The molecule has 1 fully saturated rings. The molecule has 0 aromatic carbocycles. The summed E-state index contributed by atoms with van der Waals surface area (Å²) in [6.07, 6.45) is -2.85. The van der Waals surface area contributed by atoms with Crippen LogP contribution in [-0.4, -0.2) is 45.1 Å². The summed E-state index contributed by atoms with van der Waals surface area (Å²) in [5, 5.41) is 9.18. The molecule has 2 aliphatic rings. The van der Waals surface area contributed by atoms with Gasteiger partial charge in [-0.1, -0.05) is 19.0 Å². The number of alkyl halides is 3. The number of carbonyl (C=O) groups is 1. The molecule has 1 atom stereocenters. The summed E-state index contributed by atoms with van der Waals surface area (Å²) in [6.45, 7) is 5.77. The molecular formula is C19H24F3N7O2. The molecule has 1 amide bonds. The number of likely N-dealkylation sites (N-methyl/N-ethyl adjacent to an activating group) is 1. The van der Waals surface area contributed by atoms with Crippen LogP contribution in [0.3, 0.4) is 0 Å². The standard InChI is InChI=1S/C19H24F3N7O2/c1-8(2)14-16(30)26-13-9(3)23-18(27-15(13)29(14)4)24-11-5-10(6-11)7-12-25-17(28-31-12)19(20,21)22/h8,10-11,14H,5-7H2,1-4H3,(H,26,30)(H,23,24,27)/t10-,11+,14-/m0/s1. The maximum Gasteiger partial charge on any atom is 0.455 e. The van der Waals surface area contributed by atoms with Crippen LogP contribution in [0.2, 0.25) is 0 Å². The van der Waals surface area contributed by atoms with Crippen LogP contribution in [-0.2, 0) is 17.4 Å². The molecule has 1 aliphatic heterocycles. The van der Waals surface area contributed by atoms with E-state index in [2.05, 4.69) is 30.7 Å². The van der Waals surface area contributed by atoms with Gasteiger partial charge in [-0.15, -0.1) is 0 Å². The molecule has 3 heterocycles. The van der Waals surface area contributed by atoms with Crippen LogP contribution in [0.1, 0.15) is 44.1 Å². The van der Waals surface area contributed by atoms with Crippen molar-refractivity contribution in [3.8, 4) is 0 Å². The first-order valence-electron chi connectivity index (χ1n) is 10.1. The van der Waals surface area contributed by atoms with Gasteiger partial charge in [0.05, 0.1) is 5.69 Å². The molecule has 31 heavy (non-hydrogen) atoms. The molecule has 1 aliphatic carbocycles. The summed E-state index contributed by atoms with van der Waals surface area (Å²) in [5.74, 6) is 0.0509. The van der Waals surface area contributed by atoms with E-state index in [4.69, 9.17) is 4.52 Å². The first-order chi connectivity index (χ1) is 14.5. The Morgan fingerprint density at radius 1 is 1.26 bits per heavy atom. The Labute approximate surface area is 176 Å². The van der Waals surface area contributed by atoms with Crippen molar-refractivity contribution in [2.75, 3.05) is 22.6 Å². The summed E-state index contributed by atoms with van der Waals surface area (Å²) in [4.78, 5) is 26.8. The fourth-order valence-corrected chi connectivity index (χ4v) is 4.18. The normalized spacial score (nSPS) is 23.4. The molecular weight excluding hydrogens is 415 g/mol. The number of halogens is 3.